The highest BCUT2D eigenvalue weighted by molar-refractivity contribution is 6.03. The molecule has 1 amide bonds. The van der Waals surface area contributed by atoms with Gasteiger partial charge in [-0.3, -0.25) is 9.59 Å². The largest absolute Gasteiger partial charge is 0.387 e. The number of Topliss-reactive ketones (excluding diaryl/α,β-unsaturated/α-hetero) is 1. The molecule has 0 saturated carbocycles. The summed E-state index contributed by atoms with van der Waals surface area (Å²) in [5, 5.41) is 13.9. The Labute approximate surface area is 166 Å². The molecule has 0 radical (unpaired) electrons. The quantitative estimate of drug-likeness (QED) is 0.646. The maximum absolute atomic E-state index is 14.2. The van der Waals surface area contributed by atoms with E-state index < -0.39 is 11.8 Å². The molecule has 7 nitrogen and oxygen atoms in total. The molecule has 8 heteroatoms. The van der Waals surface area contributed by atoms with E-state index in [1.54, 1.807) is 35.1 Å². The van der Waals surface area contributed by atoms with Crippen molar-refractivity contribution < 1.29 is 19.1 Å². The van der Waals surface area contributed by atoms with Crippen molar-refractivity contribution in [3.8, 4) is 0 Å². The van der Waals surface area contributed by atoms with Gasteiger partial charge in [-0.05, 0) is 37.1 Å². The fraction of sp³-hybridized carbons (Fsp3) is 0.333. The van der Waals surface area contributed by atoms with Gasteiger partial charge in [0.15, 0.2) is 11.4 Å². The van der Waals surface area contributed by atoms with Gasteiger partial charge in [0.1, 0.15) is 6.17 Å². The summed E-state index contributed by atoms with van der Waals surface area (Å²) in [7, 11) is 0. The normalized spacial score (nSPS) is 15.0. The first-order chi connectivity index (χ1) is 13.7. The average molecular weight is 396 g/mol. The van der Waals surface area contributed by atoms with Gasteiger partial charge in [-0.25, -0.2) is 13.9 Å². The van der Waals surface area contributed by atoms with E-state index in [1.807, 2.05) is 6.07 Å². The number of aromatic nitrogens is 3. The Balaban J connectivity index is 1.51. The molecule has 0 bridgehead atoms. The summed E-state index contributed by atoms with van der Waals surface area (Å²) in [5.41, 5.74) is 1.44. The van der Waals surface area contributed by atoms with Crippen molar-refractivity contribution in [1.29, 1.82) is 0 Å². The van der Waals surface area contributed by atoms with Gasteiger partial charge >= 0.3 is 0 Å². The zero-order valence-corrected chi connectivity index (χ0v) is 16.2. The SMILES string of the molecule is CC(C)(O)[C@H](F)CN1Cc2cc(CC(=O)c3cnn4cccnc34)ccc2C1=O. The fourth-order valence-electron chi connectivity index (χ4n) is 3.41. The first-order valence-electron chi connectivity index (χ1n) is 9.33. The third-order valence-electron chi connectivity index (χ3n) is 5.14. The minimum atomic E-state index is -1.55. The monoisotopic (exact) mass is 396 g/mol. The van der Waals surface area contributed by atoms with E-state index in [9.17, 15) is 19.1 Å². The molecule has 3 heterocycles. The van der Waals surface area contributed by atoms with Crippen molar-refractivity contribution in [3.05, 3.63) is 65.1 Å². The highest BCUT2D eigenvalue weighted by Gasteiger charge is 2.34. The summed E-state index contributed by atoms with van der Waals surface area (Å²) in [6, 6.07) is 6.95. The summed E-state index contributed by atoms with van der Waals surface area (Å²) in [6.45, 7) is 2.83. The lowest BCUT2D eigenvalue weighted by molar-refractivity contribution is -0.0159. The van der Waals surface area contributed by atoms with E-state index in [0.29, 0.717) is 16.8 Å². The van der Waals surface area contributed by atoms with Crippen LogP contribution in [0.3, 0.4) is 0 Å². The van der Waals surface area contributed by atoms with Crippen molar-refractivity contribution >= 4 is 17.3 Å². The molecule has 0 unspecified atom stereocenters. The number of hydrogen-bond donors (Lipinski definition) is 1. The first-order valence-corrected chi connectivity index (χ1v) is 9.33. The first kappa shape index (κ1) is 19.2. The number of alkyl halides is 1. The Hall–Kier alpha value is -3.13. The maximum atomic E-state index is 14.2. The van der Waals surface area contributed by atoms with Crippen molar-refractivity contribution in [2.45, 2.75) is 38.6 Å². The Kier molecular flexibility index (Phi) is 4.66. The number of nitrogens with zero attached hydrogens (tertiary/aromatic N) is 4. The number of halogens is 1. The number of ketones is 1. The molecular formula is C21H21FN4O3. The summed E-state index contributed by atoms with van der Waals surface area (Å²) < 4.78 is 15.7. The number of benzene rings is 1. The van der Waals surface area contributed by atoms with Crippen LogP contribution in [0.2, 0.25) is 0 Å². The van der Waals surface area contributed by atoms with Crippen molar-refractivity contribution in [2.24, 2.45) is 0 Å². The van der Waals surface area contributed by atoms with Gasteiger partial charge in [0.25, 0.3) is 5.91 Å². The van der Waals surface area contributed by atoms with Crippen LogP contribution >= 0.6 is 0 Å². The van der Waals surface area contributed by atoms with Crippen LogP contribution in [0.15, 0.2) is 42.9 Å². The zero-order valence-electron chi connectivity index (χ0n) is 16.2. The van der Waals surface area contributed by atoms with E-state index in [4.69, 9.17) is 0 Å². The zero-order chi connectivity index (χ0) is 20.8. The van der Waals surface area contributed by atoms with E-state index in [0.717, 1.165) is 11.1 Å². The van der Waals surface area contributed by atoms with Gasteiger partial charge in [0.05, 0.1) is 23.9 Å². The predicted octanol–water partition coefficient (Wildman–Crippen LogP) is 2.22. The van der Waals surface area contributed by atoms with Crippen LogP contribution in [-0.4, -0.2) is 54.6 Å². The lowest BCUT2D eigenvalue weighted by Crippen LogP contribution is -2.42. The summed E-state index contributed by atoms with van der Waals surface area (Å²) >= 11 is 0. The third kappa shape index (κ3) is 3.63. The van der Waals surface area contributed by atoms with Gasteiger partial charge < -0.3 is 10.0 Å². The number of hydrogen-bond acceptors (Lipinski definition) is 5. The Morgan fingerprint density at radius 3 is 2.93 bits per heavy atom. The number of amides is 1. The maximum Gasteiger partial charge on any atom is 0.254 e. The topological polar surface area (TPSA) is 87.8 Å². The van der Waals surface area contributed by atoms with Gasteiger partial charge in [0, 0.05) is 30.9 Å². The number of aliphatic hydroxyl groups is 1. The summed E-state index contributed by atoms with van der Waals surface area (Å²) in [4.78, 5) is 30.8. The third-order valence-corrected chi connectivity index (χ3v) is 5.14. The van der Waals surface area contributed by atoms with E-state index >= 15 is 0 Å². The second-order valence-electron chi connectivity index (χ2n) is 7.84. The van der Waals surface area contributed by atoms with Crippen LogP contribution in [0.25, 0.3) is 5.65 Å². The minimum absolute atomic E-state index is 0.120. The lowest BCUT2D eigenvalue weighted by Gasteiger charge is -2.26. The molecular weight excluding hydrogens is 375 g/mol. The van der Waals surface area contributed by atoms with E-state index in [1.165, 1.54) is 24.9 Å². The molecule has 150 valence electrons. The molecule has 1 atom stereocenters. The van der Waals surface area contributed by atoms with Crippen LogP contribution in [0.4, 0.5) is 4.39 Å². The van der Waals surface area contributed by atoms with Gasteiger partial charge in [0.2, 0.25) is 0 Å². The molecule has 1 aliphatic rings. The molecule has 1 aliphatic heterocycles. The molecule has 1 aromatic carbocycles. The highest BCUT2D eigenvalue weighted by atomic mass is 19.1. The van der Waals surface area contributed by atoms with Crippen molar-refractivity contribution in [3.63, 3.8) is 0 Å². The predicted molar refractivity (Wildman–Crippen MR) is 103 cm³/mol. The van der Waals surface area contributed by atoms with Crippen LogP contribution in [-0.2, 0) is 13.0 Å². The van der Waals surface area contributed by atoms with Crippen LogP contribution in [0, 0.1) is 0 Å². The van der Waals surface area contributed by atoms with E-state index in [-0.39, 0.29) is 31.2 Å². The number of fused-ring (bicyclic) bond motifs is 2. The van der Waals surface area contributed by atoms with Crippen LogP contribution in [0.1, 0.15) is 45.7 Å². The molecule has 29 heavy (non-hydrogen) atoms. The van der Waals surface area contributed by atoms with Crippen LogP contribution < -0.4 is 0 Å². The standard InChI is InChI=1S/C21H21FN4O3/c1-21(2,29)18(22)12-25-11-14-8-13(4-5-15(14)20(25)28)9-17(27)16-10-24-26-7-3-6-23-19(16)26/h3-8,10,18,29H,9,11-12H2,1-2H3/t18-/m1/s1. The molecule has 3 aromatic rings. The number of rotatable bonds is 6. The molecule has 4 rings (SSSR count). The fourth-order valence-corrected chi connectivity index (χ4v) is 3.41. The number of carbonyl (C=O) groups is 2. The lowest BCUT2D eigenvalue weighted by atomic mass is 10.0. The molecule has 2 aromatic heterocycles. The van der Waals surface area contributed by atoms with Gasteiger partial charge in [-0.15, -0.1) is 0 Å². The van der Waals surface area contributed by atoms with E-state index in [2.05, 4.69) is 10.1 Å². The van der Waals surface area contributed by atoms with Crippen molar-refractivity contribution in [2.75, 3.05) is 6.54 Å². The molecule has 0 fully saturated rings. The number of carbonyl (C=O) groups excluding carboxylic acids is 2. The molecule has 0 saturated heterocycles. The second-order valence-corrected chi connectivity index (χ2v) is 7.84. The summed E-state index contributed by atoms with van der Waals surface area (Å²) in [5.74, 6) is -0.387. The Bertz CT molecular complexity index is 1100. The minimum Gasteiger partial charge on any atom is -0.387 e. The average Bonchev–Trinajstić information content (AvgIpc) is 3.22. The molecule has 0 aliphatic carbocycles. The van der Waals surface area contributed by atoms with Crippen molar-refractivity contribution in [1.82, 2.24) is 19.5 Å². The Morgan fingerprint density at radius 2 is 2.17 bits per heavy atom. The molecule has 0 spiro atoms. The highest BCUT2D eigenvalue weighted by Crippen LogP contribution is 2.26. The Morgan fingerprint density at radius 1 is 1.38 bits per heavy atom. The second kappa shape index (κ2) is 7.04. The van der Waals surface area contributed by atoms with Crippen LogP contribution in [0.5, 0.6) is 0 Å². The smallest absolute Gasteiger partial charge is 0.254 e. The van der Waals surface area contributed by atoms with Gasteiger partial charge in [-0.1, -0.05) is 12.1 Å². The van der Waals surface area contributed by atoms with Gasteiger partial charge in [-0.2, -0.15) is 5.10 Å². The molecule has 1 N–H and O–H groups in total. The summed E-state index contributed by atoms with van der Waals surface area (Å²) in [6.07, 6.45) is 3.43.